The third kappa shape index (κ3) is 5.77. The van der Waals surface area contributed by atoms with Gasteiger partial charge in [0, 0.05) is 27.7 Å². The van der Waals surface area contributed by atoms with Crippen LogP contribution in [0.15, 0.2) is 15.9 Å². The molecule has 1 rings (SSSR count). The number of halogens is 1. The maximum absolute atomic E-state index is 10.8. The molecule has 0 radical (unpaired) electrons. The van der Waals surface area contributed by atoms with Crippen molar-refractivity contribution in [2.45, 2.75) is 32.7 Å². The summed E-state index contributed by atoms with van der Waals surface area (Å²) in [5, 5.41) is 2.11. The molecule has 0 unspecified atom stereocenters. The predicted octanol–water partition coefficient (Wildman–Crippen LogP) is 3.70. The molecule has 0 amide bonds. The molecular weight excluding hydrogens is 286 g/mol. The minimum absolute atomic E-state index is 0.296. The highest BCUT2D eigenvalue weighted by molar-refractivity contribution is 9.10. The highest BCUT2D eigenvalue weighted by atomic mass is 79.9. The number of unbranched alkanes of at least 4 members (excludes halogenated alkanes) is 1. The Morgan fingerprint density at radius 2 is 2.25 bits per heavy atom. The summed E-state index contributed by atoms with van der Waals surface area (Å²) in [4.78, 5) is 14.4. The third-order valence-electron chi connectivity index (χ3n) is 2.37. The van der Waals surface area contributed by atoms with Gasteiger partial charge in [0.2, 0.25) is 0 Å². The number of hydrogen-bond acceptors (Lipinski definition) is 3. The zero-order chi connectivity index (χ0) is 12.0. The topological polar surface area (TPSA) is 20.3 Å². The van der Waals surface area contributed by atoms with Gasteiger partial charge in [-0.15, -0.1) is 11.3 Å². The summed E-state index contributed by atoms with van der Waals surface area (Å²) >= 11 is 5.24. The van der Waals surface area contributed by atoms with E-state index in [4.69, 9.17) is 0 Å². The second kappa shape index (κ2) is 7.20. The molecule has 0 aromatic carbocycles. The number of hydrogen-bond donors (Lipinski definition) is 0. The standard InChI is InChI=1S/C12H18BrNOS/c1-10(15)5-3-4-6-14(2)8-12-7-11(13)9-16-12/h7,9H,3-6,8H2,1-2H3. The summed E-state index contributed by atoms with van der Waals surface area (Å²) in [7, 11) is 2.13. The molecular formula is C12H18BrNOS. The van der Waals surface area contributed by atoms with Crippen molar-refractivity contribution < 1.29 is 4.79 Å². The van der Waals surface area contributed by atoms with Crippen LogP contribution in [0.4, 0.5) is 0 Å². The highest BCUT2D eigenvalue weighted by Crippen LogP contribution is 2.20. The van der Waals surface area contributed by atoms with Crippen LogP contribution >= 0.6 is 27.3 Å². The lowest BCUT2D eigenvalue weighted by molar-refractivity contribution is -0.117. The van der Waals surface area contributed by atoms with Gasteiger partial charge in [0.05, 0.1) is 0 Å². The average molecular weight is 304 g/mol. The Morgan fingerprint density at radius 3 is 2.81 bits per heavy atom. The van der Waals surface area contributed by atoms with Crippen LogP contribution in [0.5, 0.6) is 0 Å². The maximum atomic E-state index is 10.8. The van der Waals surface area contributed by atoms with Crippen LogP contribution in [0.1, 0.15) is 31.1 Å². The van der Waals surface area contributed by atoms with Crippen LogP contribution in [0.3, 0.4) is 0 Å². The Bertz CT molecular complexity index is 338. The molecule has 0 spiro atoms. The molecule has 0 aliphatic heterocycles. The van der Waals surface area contributed by atoms with Crippen LogP contribution in [0.2, 0.25) is 0 Å². The molecule has 1 aromatic rings. The van der Waals surface area contributed by atoms with Gasteiger partial charge >= 0.3 is 0 Å². The first kappa shape index (κ1) is 13.9. The molecule has 2 nitrogen and oxygen atoms in total. The first-order chi connectivity index (χ1) is 7.58. The molecule has 0 bridgehead atoms. The van der Waals surface area contributed by atoms with E-state index in [-0.39, 0.29) is 0 Å². The molecule has 4 heteroatoms. The number of carbonyl (C=O) groups is 1. The fourth-order valence-corrected chi connectivity index (χ4v) is 3.07. The van der Waals surface area contributed by atoms with Crippen molar-refractivity contribution in [3.63, 3.8) is 0 Å². The minimum Gasteiger partial charge on any atom is -0.301 e. The molecule has 0 saturated heterocycles. The van der Waals surface area contributed by atoms with Crippen molar-refractivity contribution in [2.75, 3.05) is 13.6 Å². The van der Waals surface area contributed by atoms with Crippen molar-refractivity contribution in [1.82, 2.24) is 4.90 Å². The Morgan fingerprint density at radius 1 is 1.50 bits per heavy atom. The van der Waals surface area contributed by atoms with E-state index in [1.54, 1.807) is 18.3 Å². The van der Waals surface area contributed by atoms with Crippen LogP contribution in [0, 0.1) is 0 Å². The first-order valence-corrected chi connectivity index (χ1v) is 7.16. The van der Waals surface area contributed by atoms with Crippen molar-refractivity contribution in [3.8, 4) is 0 Å². The first-order valence-electron chi connectivity index (χ1n) is 5.49. The Kier molecular flexibility index (Phi) is 6.24. The van der Waals surface area contributed by atoms with E-state index in [0.717, 1.165) is 36.8 Å². The van der Waals surface area contributed by atoms with Gasteiger partial charge in [0.1, 0.15) is 5.78 Å². The fraction of sp³-hybridized carbons (Fsp3) is 0.583. The van der Waals surface area contributed by atoms with Crippen LogP contribution in [-0.4, -0.2) is 24.3 Å². The van der Waals surface area contributed by atoms with Crippen LogP contribution in [-0.2, 0) is 11.3 Å². The van der Waals surface area contributed by atoms with E-state index >= 15 is 0 Å². The number of carbonyl (C=O) groups excluding carboxylic acids is 1. The molecule has 90 valence electrons. The lowest BCUT2D eigenvalue weighted by atomic mass is 10.2. The molecule has 16 heavy (non-hydrogen) atoms. The minimum atomic E-state index is 0.296. The second-order valence-corrected chi connectivity index (χ2v) is 6.04. The van der Waals surface area contributed by atoms with Gasteiger partial charge in [0.25, 0.3) is 0 Å². The number of rotatable bonds is 7. The van der Waals surface area contributed by atoms with Crippen LogP contribution in [0.25, 0.3) is 0 Å². The monoisotopic (exact) mass is 303 g/mol. The van der Waals surface area contributed by atoms with Crippen molar-refractivity contribution in [3.05, 3.63) is 20.8 Å². The molecule has 1 heterocycles. The van der Waals surface area contributed by atoms with Gasteiger partial charge in [-0.25, -0.2) is 0 Å². The SMILES string of the molecule is CC(=O)CCCCN(C)Cc1cc(Br)cs1. The van der Waals surface area contributed by atoms with Gasteiger partial charge in [-0.05, 0) is 55.4 Å². The van der Waals surface area contributed by atoms with Crippen molar-refractivity contribution in [2.24, 2.45) is 0 Å². The summed E-state index contributed by atoms with van der Waals surface area (Å²) in [6.45, 7) is 3.71. The van der Waals surface area contributed by atoms with Crippen molar-refractivity contribution in [1.29, 1.82) is 0 Å². The van der Waals surface area contributed by atoms with Gasteiger partial charge in [0.15, 0.2) is 0 Å². The molecule has 0 atom stereocenters. The highest BCUT2D eigenvalue weighted by Gasteiger charge is 2.03. The third-order valence-corrected chi connectivity index (χ3v) is 4.05. The maximum Gasteiger partial charge on any atom is 0.129 e. The zero-order valence-corrected chi connectivity index (χ0v) is 12.2. The van der Waals surface area contributed by atoms with Gasteiger partial charge in [-0.2, -0.15) is 0 Å². The Balaban J connectivity index is 2.16. The number of nitrogens with zero attached hydrogens (tertiary/aromatic N) is 1. The molecule has 1 aromatic heterocycles. The molecule has 0 fully saturated rings. The molecule has 0 N–H and O–H groups in total. The van der Waals surface area contributed by atoms with Gasteiger partial charge in [-0.3, -0.25) is 0 Å². The summed E-state index contributed by atoms with van der Waals surface area (Å²) in [5.74, 6) is 0.296. The number of Topliss-reactive ketones (excluding diaryl/α,β-unsaturated/α-hetero) is 1. The fourth-order valence-electron chi connectivity index (χ4n) is 1.54. The van der Waals surface area contributed by atoms with E-state index in [1.165, 1.54) is 4.88 Å². The van der Waals surface area contributed by atoms with E-state index in [9.17, 15) is 4.79 Å². The Hall–Kier alpha value is -0.190. The molecule has 0 aliphatic rings. The van der Waals surface area contributed by atoms with E-state index < -0.39 is 0 Å². The number of thiophene rings is 1. The molecule has 0 aliphatic carbocycles. The lowest BCUT2D eigenvalue weighted by Gasteiger charge is -2.14. The zero-order valence-electron chi connectivity index (χ0n) is 9.83. The Labute approximate surface area is 110 Å². The second-order valence-electron chi connectivity index (χ2n) is 4.13. The van der Waals surface area contributed by atoms with Crippen molar-refractivity contribution >= 4 is 33.0 Å². The molecule has 0 saturated carbocycles. The lowest BCUT2D eigenvalue weighted by Crippen LogP contribution is -2.18. The van der Waals surface area contributed by atoms with Gasteiger partial charge in [-0.1, -0.05) is 0 Å². The van der Waals surface area contributed by atoms with E-state index in [2.05, 4.69) is 39.3 Å². The summed E-state index contributed by atoms with van der Waals surface area (Å²) in [5.41, 5.74) is 0. The van der Waals surface area contributed by atoms with E-state index in [1.807, 2.05) is 0 Å². The smallest absolute Gasteiger partial charge is 0.129 e. The summed E-state index contributed by atoms with van der Waals surface area (Å²) in [6.07, 6.45) is 2.83. The predicted molar refractivity (Wildman–Crippen MR) is 72.9 cm³/mol. The summed E-state index contributed by atoms with van der Waals surface area (Å²) < 4.78 is 1.16. The summed E-state index contributed by atoms with van der Waals surface area (Å²) in [6, 6.07) is 2.16. The van der Waals surface area contributed by atoms with Gasteiger partial charge < -0.3 is 9.69 Å². The normalized spacial score (nSPS) is 11.0. The quantitative estimate of drug-likeness (QED) is 0.716. The van der Waals surface area contributed by atoms with E-state index in [0.29, 0.717) is 5.78 Å². The van der Waals surface area contributed by atoms with Crippen LogP contribution < -0.4 is 0 Å². The average Bonchev–Trinajstić information content (AvgIpc) is 2.58. The number of ketones is 1. The largest absolute Gasteiger partial charge is 0.301 e.